The Morgan fingerprint density at radius 3 is 2.92 bits per heavy atom. The van der Waals surface area contributed by atoms with Crippen LogP contribution in [0.4, 0.5) is 0 Å². The molecule has 1 nitrogen and oxygen atoms in total. The van der Waals surface area contributed by atoms with Crippen molar-refractivity contribution in [3.05, 3.63) is 34.9 Å². The van der Waals surface area contributed by atoms with Crippen LogP contribution in [0.15, 0.2) is 18.2 Å². The van der Waals surface area contributed by atoms with E-state index in [1.165, 1.54) is 16.7 Å². The summed E-state index contributed by atoms with van der Waals surface area (Å²) in [5.74, 6) is 0.998. The molecule has 0 aromatic heterocycles. The number of benzene rings is 1. The highest BCUT2D eigenvalue weighted by Crippen LogP contribution is 2.29. The van der Waals surface area contributed by atoms with Gasteiger partial charge in [0, 0.05) is 0 Å². The quantitative estimate of drug-likeness (QED) is 0.613. The molecule has 0 N–H and O–H groups in total. The summed E-state index contributed by atoms with van der Waals surface area (Å²) in [5, 5.41) is 0. The molecule has 0 aliphatic heterocycles. The molecule has 0 saturated heterocycles. The van der Waals surface area contributed by atoms with Gasteiger partial charge in [-0.2, -0.15) is 0 Å². The SMILES string of the molecule is COc1ccc2c(c1C)CC=C2. The first kappa shape index (κ1) is 7.41. The monoisotopic (exact) mass is 160 g/mol. The molecule has 1 aliphatic rings. The van der Waals surface area contributed by atoms with Gasteiger partial charge in [-0.1, -0.05) is 18.2 Å². The predicted octanol–water partition coefficient (Wildman–Crippen LogP) is 2.57. The molecule has 0 spiro atoms. The summed E-state index contributed by atoms with van der Waals surface area (Å²) >= 11 is 0. The number of methoxy groups -OCH3 is 1. The lowest BCUT2D eigenvalue weighted by atomic mass is 10.0. The number of ether oxygens (including phenoxy) is 1. The van der Waals surface area contributed by atoms with Crippen LogP contribution in [0, 0.1) is 6.92 Å². The van der Waals surface area contributed by atoms with Crippen molar-refractivity contribution in [1.82, 2.24) is 0 Å². The summed E-state index contributed by atoms with van der Waals surface area (Å²) in [4.78, 5) is 0. The molecular weight excluding hydrogens is 148 g/mol. The number of rotatable bonds is 1. The minimum absolute atomic E-state index is 0.998. The topological polar surface area (TPSA) is 9.23 Å². The Bertz CT molecular complexity index is 337. The van der Waals surface area contributed by atoms with Gasteiger partial charge < -0.3 is 4.74 Å². The zero-order valence-corrected chi connectivity index (χ0v) is 7.42. The van der Waals surface area contributed by atoms with Crippen LogP contribution >= 0.6 is 0 Å². The van der Waals surface area contributed by atoms with E-state index >= 15 is 0 Å². The maximum Gasteiger partial charge on any atom is 0.122 e. The lowest BCUT2D eigenvalue weighted by molar-refractivity contribution is 0.411. The van der Waals surface area contributed by atoms with Gasteiger partial charge in [0.2, 0.25) is 0 Å². The fraction of sp³-hybridized carbons (Fsp3) is 0.273. The summed E-state index contributed by atoms with van der Waals surface area (Å²) in [6.45, 7) is 2.12. The average Bonchev–Trinajstić information content (AvgIpc) is 2.53. The van der Waals surface area contributed by atoms with Crippen LogP contribution in [-0.2, 0) is 6.42 Å². The first-order valence-corrected chi connectivity index (χ1v) is 4.16. The van der Waals surface area contributed by atoms with Crippen LogP contribution in [0.5, 0.6) is 5.75 Å². The van der Waals surface area contributed by atoms with Gasteiger partial charge in [0.05, 0.1) is 7.11 Å². The normalized spacial score (nSPS) is 13.2. The maximum absolute atomic E-state index is 5.24. The highest BCUT2D eigenvalue weighted by Gasteiger charge is 2.10. The smallest absolute Gasteiger partial charge is 0.122 e. The molecule has 62 valence electrons. The maximum atomic E-state index is 5.24. The molecule has 0 heterocycles. The number of fused-ring (bicyclic) bond motifs is 1. The highest BCUT2D eigenvalue weighted by molar-refractivity contribution is 5.64. The van der Waals surface area contributed by atoms with Crippen LogP contribution in [0.3, 0.4) is 0 Å². The zero-order chi connectivity index (χ0) is 8.55. The van der Waals surface area contributed by atoms with E-state index in [0.29, 0.717) is 0 Å². The molecule has 1 aromatic carbocycles. The van der Waals surface area contributed by atoms with E-state index in [0.717, 1.165) is 12.2 Å². The average molecular weight is 160 g/mol. The second-order valence-electron chi connectivity index (χ2n) is 3.07. The Hall–Kier alpha value is -1.24. The molecule has 0 fully saturated rings. The van der Waals surface area contributed by atoms with Crippen molar-refractivity contribution in [2.45, 2.75) is 13.3 Å². The Kier molecular flexibility index (Phi) is 1.65. The van der Waals surface area contributed by atoms with E-state index < -0.39 is 0 Å². The van der Waals surface area contributed by atoms with Crippen LogP contribution in [0.1, 0.15) is 16.7 Å². The Balaban J connectivity index is 2.57. The number of hydrogen-bond donors (Lipinski definition) is 0. The van der Waals surface area contributed by atoms with Gasteiger partial charge in [-0.05, 0) is 36.1 Å². The summed E-state index contributed by atoms with van der Waals surface area (Å²) in [7, 11) is 1.72. The molecule has 0 saturated carbocycles. The predicted molar refractivity (Wildman–Crippen MR) is 50.5 cm³/mol. The molecule has 1 aromatic rings. The van der Waals surface area contributed by atoms with E-state index in [1.54, 1.807) is 7.11 Å². The van der Waals surface area contributed by atoms with E-state index in [2.05, 4.69) is 25.1 Å². The summed E-state index contributed by atoms with van der Waals surface area (Å²) < 4.78 is 5.24. The van der Waals surface area contributed by atoms with Crippen molar-refractivity contribution >= 4 is 6.08 Å². The third-order valence-corrected chi connectivity index (χ3v) is 2.42. The van der Waals surface area contributed by atoms with E-state index in [1.807, 2.05) is 6.07 Å². The molecule has 0 amide bonds. The Labute approximate surface area is 72.7 Å². The summed E-state index contributed by atoms with van der Waals surface area (Å²) in [6, 6.07) is 4.15. The second kappa shape index (κ2) is 2.67. The third kappa shape index (κ3) is 0.934. The first-order valence-electron chi connectivity index (χ1n) is 4.16. The van der Waals surface area contributed by atoms with Crippen molar-refractivity contribution in [3.8, 4) is 5.75 Å². The standard InChI is InChI=1S/C11H12O/c1-8-10-5-3-4-9(10)6-7-11(8)12-2/h3-4,6-7H,5H2,1-2H3. The molecule has 1 heteroatoms. The molecule has 0 atom stereocenters. The van der Waals surface area contributed by atoms with Gasteiger partial charge in [0.1, 0.15) is 5.75 Å². The van der Waals surface area contributed by atoms with Crippen LogP contribution < -0.4 is 4.74 Å². The van der Waals surface area contributed by atoms with Gasteiger partial charge in [-0.15, -0.1) is 0 Å². The summed E-state index contributed by atoms with van der Waals surface area (Å²) in [5.41, 5.74) is 4.03. The Morgan fingerprint density at radius 1 is 1.33 bits per heavy atom. The van der Waals surface area contributed by atoms with E-state index in [-0.39, 0.29) is 0 Å². The molecule has 0 unspecified atom stereocenters. The zero-order valence-electron chi connectivity index (χ0n) is 7.42. The fourth-order valence-electron chi connectivity index (χ4n) is 1.71. The van der Waals surface area contributed by atoms with Crippen molar-refractivity contribution in [2.75, 3.05) is 7.11 Å². The Morgan fingerprint density at radius 2 is 2.17 bits per heavy atom. The molecule has 0 radical (unpaired) electrons. The minimum atomic E-state index is 0.998. The number of allylic oxidation sites excluding steroid dienone is 1. The van der Waals surface area contributed by atoms with Gasteiger partial charge >= 0.3 is 0 Å². The third-order valence-electron chi connectivity index (χ3n) is 2.42. The minimum Gasteiger partial charge on any atom is -0.496 e. The lowest BCUT2D eigenvalue weighted by Crippen LogP contribution is -1.92. The van der Waals surface area contributed by atoms with E-state index in [9.17, 15) is 0 Å². The van der Waals surface area contributed by atoms with Gasteiger partial charge in [0.25, 0.3) is 0 Å². The number of hydrogen-bond acceptors (Lipinski definition) is 1. The molecule has 12 heavy (non-hydrogen) atoms. The van der Waals surface area contributed by atoms with Crippen molar-refractivity contribution in [3.63, 3.8) is 0 Å². The second-order valence-corrected chi connectivity index (χ2v) is 3.07. The summed E-state index contributed by atoms with van der Waals surface area (Å²) in [6.07, 6.45) is 5.41. The van der Waals surface area contributed by atoms with E-state index in [4.69, 9.17) is 4.74 Å². The van der Waals surface area contributed by atoms with Crippen molar-refractivity contribution in [1.29, 1.82) is 0 Å². The largest absolute Gasteiger partial charge is 0.496 e. The van der Waals surface area contributed by atoms with Gasteiger partial charge in [-0.3, -0.25) is 0 Å². The molecule has 0 bridgehead atoms. The van der Waals surface area contributed by atoms with Crippen molar-refractivity contribution < 1.29 is 4.74 Å². The highest BCUT2D eigenvalue weighted by atomic mass is 16.5. The lowest BCUT2D eigenvalue weighted by Gasteiger charge is -2.08. The van der Waals surface area contributed by atoms with Crippen LogP contribution in [-0.4, -0.2) is 7.11 Å². The van der Waals surface area contributed by atoms with Crippen LogP contribution in [0.25, 0.3) is 6.08 Å². The first-order chi connectivity index (χ1) is 5.83. The molecule has 2 rings (SSSR count). The van der Waals surface area contributed by atoms with Gasteiger partial charge in [-0.25, -0.2) is 0 Å². The van der Waals surface area contributed by atoms with Gasteiger partial charge in [0.15, 0.2) is 0 Å². The van der Waals surface area contributed by atoms with Crippen molar-refractivity contribution in [2.24, 2.45) is 0 Å². The molecule has 1 aliphatic carbocycles. The molecular formula is C11H12O. The van der Waals surface area contributed by atoms with Crippen LogP contribution in [0.2, 0.25) is 0 Å². The fourth-order valence-corrected chi connectivity index (χ4v) is 1.71.